The predicted octanol–water partition coefficient (Wildman–Crippen LogP) is 6.52. The highest BCUT2D eigenvalue weighted by molar-refractivity contribution is 5.96. The van der Waals surface area contributed by atoms with E-state index in [1.807, 2.05) is 61.5 Å². The Morgan fingerprint density at radius 2 is 1.57 bits per heavy atom. The fourth-order valence-electron chi connectivity index (χ4n) is 3.57. The predicted molar refractivity (Wildman–Crippen MR) is 119 cm³/mol. The number of aromatic nitrogens is 3. The third kappa shape index (κ3) is 3.08. The van der Waals surface area contributed by atoms with Gasteiger partial charge in [-0.2, -0.15) is 0 Å². The first kappa shape index (κ1) is 18.0. The molecule has 0 fully saturated rings. The van der Waals surface area contributed by atoms with Gasteiger partial charge in [0.05, 0.1) is 16.7 Å². The maximum atomic E-state index is 10.3. The normalized spacial score (nSPS) is 11.7. The number of nitrogens with one attached hydrogen (secondary N) is 1. The van der Waals surface area contributed by atoms with Crippen molar-refractivity contribution in [2.75, 3.05) is 0 Å². The first-order chi connectivity index (χ1) is 14.6. The maximum absolute atomic E-state index is 10.3. The summed E-state index contributed by atoms with van der Waals surface area (Å²) in [5.41, 5.74) is 5.99. The molecule has 30 heavy (non-hydrogen) atoms. The monoisotopic (exact) mass is 393 g/mol. The molecular formula is C24H19N5O. The number of hydrogen-bond acceptors (Lipinski definition) is 5. The molecule has 0 aliphatic rings. The van der Waals surface area contributed by atoms with Gasteiger partial charge >= 0.3 is 0 Å². The van der Waals surface area contributed by atoms with Crippen LogP contribution in [0.3, 0.4) is 0 Å². The van der Waals surface area contributed by atoms with Crippen molar-refractivity contribution in [2.45, 2.75) is 13.8 Å². The Hall–Kier alpha value is -4.06. The SMILES string of the molecule is Cc1ccc(-c2nc(N=Nc3c(O)[nH]c4c(C)cccc34)nc3ccccc23)cc1. The Balaban J connectivity index is 1.65. The van der Waals surface area contributed by atoms with Crippen LogP contribution in [0.15, 0.2) is 77.0 Å². The summed E-state index contributed by atoms with van der Waals surface area (Å²) in [6, 6.07) is 21.8. The van der Waals surface area contributed by atoms with E-state index < -0.39 is 0 Å². The average Bonchev–Trinajstić information content (AvgIpc) is 3.09. The minimum Gasteiger partial charge on any atom is -0.493 e. The van der Waals surface area contributed by atoms with E-state index in [1.54, 1.807) is 0 Å². The second-order valence-electron chi connectivity index (χ2n) is 7.28. The lowest BCUT2D eigenvalue weighted by Crippen LogP contribution is -1.90. The largest absolute Gasteiger partial charge is 0.493 e. The number of hydrogen-bond donors (Lipinski definition) is 2. The molecule has 3 aromatic carbocycles. The first-order valence-electron chi connectivity index (χ1n) is 9.66. The van der Waals surface area contributed by atoms with Gasteiger partial charge in [-0.3, -0.25) is 0 Å². The van der Waals surface area contributed by atoms with Gasteiger partial charge in [0, 0.05) is 16.3 Å². The lowest BCUT2D eigenvalue weighted by molar-refractivity contribution is 0.459. The molecule has 6 heteroatoms. The minimum atomic E-state index is -0.0254. The van der Waals surface area contributed by atoms with Crippen molar-refractivity contribution in [3.8, 4) is 17.1 Å². The Bertz CT molecular complexity index is 1420. The number of aromatic amines is 1. The van der Waals surface area contributed by atoms with Crippen molar-refractivity contribution in [1.82, 2.24) is 15.0 Å². The van der Waals surface area contributed by atoms with Crippen molar-refractivity contribution in [1.29, 1.82) is 0 Å². The zero-order valence-corrected chi connectivity index (χ0v) is 16.6. The molecule has 5 aromatic rings. The smallest absolute Gasteiger partial charge is 0.270 e. The Labute approximate surface area is 173 Å². The topological polar surface area (TPSA) is 86.5 Å². The summed E-state index contributed by atoms with van der Waals surface area (Å²) in [4.78, 5) is 12.2. The highest BCUT2D eigenvalue weighted by atomic mass is 16.3. The summed E-state index contributed by atoms with van der Waals surface area (Å²) in [7, 11) is 0. The van der Waals surface area contributed by atoms with Crippen molar-refractivity contribution in [3.05, 3.63) is 77.9 Å². The van der Waals surface area contributed by atoms with E-state index >= 15 is 0 Å². The number of para-hydroxylation sites is 2. The molecule has 0 aliphatic carbocycles. The Morgan fingerprint density at radius 1 is 0.800 bits per heavy atom. The molecular weight excluding hydrogens is 374 g/mol. The molecule has 6 nitrogen and oxygen atoms in total. The molecule has 5 rings (SSSR count). The van der Waals surface area contributed by atoms with E-state index in [9.17, 15) is 5.11 Å². The van der Waals surface area contributed by atoms with Gasteiger partial charge in [-0.25, -0.2) is 9.97 Å². The van der Waals surface area contributed by atoms with E-state index in [1.165, 1.54) is 5.56 Å². The summed E-state index contributed by atoms with van der Waals surface area (Å²) < 4.78 is 0. The Kier molecular flexibility index (Phi) is 4.25. The summed E-state index contributed by atoms with van der Waals surface area (Å²) >= 11 is 0. The van der Waals surface area contributed by atoms with Gasteiger partial charge in [0.2, 0.25) is 5.88 Å². The summed E-state index contributed by atoms with van der Waals surface area (Å²) in [6.45, 7) is 4.02. The van der Waals surface area contributed by atoms with Crippen LogP contribution in [0.1, 0.15) is 11.1 Å². The van der Waals surface area contributed by atoms with Crippen LogP contribution in [0.2, 0.25) is 0 Å². The van der Waals surface area contributed by atoms with E-state index in [2.05, 4.69) is 44.2 Å². The molecule has 0 bridgehead atoms. The maximum Gasteiger partial charge on any atom is 0.270 e. The fourth-order valence-corrected chi connectivity index (χ4v) is 3.57. The van der Waals surface area contributed by atoms with Gasteiger partial charge in [0.25, 0.3) is 5.95 Å². The molecule has 0 amide bonds. The molecule has 2 N–H and O–H groups in total. The van der Waals surface area contributed by atoms with E-state index in [4.69, 9.17) is 0 Å². The fraction of sp³-hybridized carbons (Fsp3) is 0.0833. The summed E-state index contributed by atoms with van der Waals surface area (Å²) in [6.07, 6.45) is 0. The van der Waals surface area contributed by atoms with Gasteiger partial charge in [-0.1, -0.05) is 66.2 Å². The molecule has 0 saturated carbocycles. The number of aryl methyl sites for hydroxylation is 2. The zero-order chi connectivity index (χ0) is 20.7. The standard InChI is InChI=1S/C24H19N5O/c1-14-10-12-16(13-11-14)21-17-7-3-4-9-19(17)25-24(27-21)29-28-22-18-8-5-6-15(2)20(18)26-23(22)30/h3-13,26,30H,1-2H3. The Morgan fingerprint density at radius 3 is 2.40 bits per heavy atom. The lowest BCUT2D eigenvalue weighted by Gasteiger charge is -2.07. The molecule has 0 unspecified atom stereocenters. The number of nitrogens with zero attached hydrogens (tertiary/aromatic N) is 4. The van der Waals surface area contributed by atoms with Crippen LogP contribution in [-0.2, 0) is 0 Å². The molecule has 0 spiro atoms. The van der Waals surface area contributed by atoms with Gasteiger partial charge in [-0.05, 0) is 25.5 Å². The molecule has 146 valence electrons. The third-order valence-electron chi connectivity index (χ3n) is 5.15. The zero-order valence-electron chi connectivity index (χ0n) is 16.6. The number of fused-ring (bicyclic) bond motifs is 2. The second kappa shape index (κ2) is 7.08. The average molecular weight is 393 g/mol. The van der Waals surface area contributed by atoms with Crippen LogP contribution in [0.5, 0.6) is 5.88 Å². The van der Waals surface area contributed by atoms with Crippen LogP contribution in [0, 0.1) is 13.8 Å². The minimum absolute atomic E-state index is 0.0254. The first-order valence-corrected chi connectivity index (χ1v) is 9.66. The van der Waals surface area contributed by atoms with Gasteiger partial charge < -0.3 is 10.1 Å². The van der Waals surface area contributed by atoms with Crippen LogP contribution in [0.4, 0.5) is 11.6 Å². The number of H-pyrrole nitrogens is 1. The second-order valence-corrected chi connectivity index (χ2v) is 7.28. The van der Waals surface area contributed by atoms with E-state index in [-0.39, 0.29) is 11.8 Å². The van der Waals surface area contributed by atoms with Crippen LogP contribution < -0.4 is 0 Å². The highest BCUT2D eigenvalue weighted by Gasteiger charge is 2.13. The quantitative estimate of drug-likeness (QED) is 0.342. The highest BCUT2D eigenvalue weighted by Crippen LogP contribution is 2.37. The number of benzene rings is 3. The summed E-state index contributed by atoms with van der Waals surface area (Å²) in [5.74, 6) is 0.216. The van der Waals surface area contributed by atoms with Gasteiger partial charge in [0.1, 0.15) is 0 Å². The number of rotatable bonds is 3. The number of azo groups is 1. The van der Waals surface area contributed by atoms with Crippen molar-refractivity contribution < 1.29 is 5.11 Å². The van der Waals surface area contributed by atoms with Crippen LogP contribution >= 0.6 is 0 Å². The summed E-state index contributed by atoms with van der Waals surface area (Å²) in [5, 5.41) is 20.6. The third-order valence-corrected chi connectivity index (χ3v) is 5.15. The van der Waals surface area contributed by atoms with Crippen LogP contribution in [-0.4, -0.2) is 20.1 Å². The van der Waals surface area contributed by atoms with E-state index in [0.29, 0.717) is 5.69 Å². The lowest BCUT2D eigenvalue weighted by atomic mass is 10.1. The molecule has 2 heterocycles. The number of aromatic hydroxyl groups is 1. The molecule has 0 atom stereocenters. The van der Waals surface area contributed by atoms with Crippen LogP contribution in [0.25, 0.3) is 33.1 Å². The van der Waals surface area contributed by atoms with Gasteiger partial charge in [0.15, 0.2) is 5.69 Å². The van der Waals surface area contributed by atoms with E-state index in [0.717, 1.165) is 38.6 Å². The van der Waals surface area contributed by atoms with Crippen molar-refractivity contribution in [3.63, 3.8) is 0 Å². The molecule has 0 radical (unpaired) electrons. The van der Waals surface area contributed by atoms with Crippen molar-refractivity contribution >= 4 is 33.4 Å². The molecule has 0 saturated heterocycles. The van der Waals surface area contributed by atoms with Gasteiger partial charge in [-0.15, -0.1) is 10.2 Å². The molecule has 2 aromatic heterocycles. The van der Waals surface area contributed by atoms with Crippen molar-refractivity contribution in [2.24, 2.45) is 10.2 Å². The molecule has 0 aliphatic heterocycles.